The summed E-state index contributed by atoms with van der Waals surface area (Å²) in [5.74, 6) is 0.0850. The molecule has 2 rings (SSSR count). The summed E-state index contributed by atoms with van der Waals surface area (Å²) in [6, 6.07) is 7.78. The molecule has 1 saturated heterocycles. The average Bonchev–Trinajstić information content (AvgIpc) is 2.92. The minimum Gasteiger partial charge on any atom is -0.412 e. The zero-order chi connectivity index (χ0) is 18.1. The number of anilines is 1. The van der Waals surface area contributed by atoms with Crippen molar-refractivity contribution in [2.45, 2.75) is 64.4 Å². The van der Waals surface area contributed by atoms with Crippen LogP contribution in [0.2, 0.25) is 18.1 Å². The van der Waals surface area contributed by atoms with Crippen molar-refractivity contribution in [2.24, 2.45) is 0 Å². The summed E-state index contributed by atoms with van der Waals surface area (Å²) in [4.78, 5) is 14.7. The van der Waals surface area contributed by atoms with E-state index in [2.05, 4.69) is 39.2 Å². The fourth-order valence-corrected chi connectivity index (χ4v) is 4.14. The lowest BCUT2D eigenvalue weighted by molar-refractivity contribution is -0.121. The normalized spacial score (nSPS) is 21.8. The van der Waals surface area contributed by atoms with Crippen molar-refractivity contribution in [2.75, 3.05) is 18.5 Å². The number of hydrogen-bond acceptors (Lipinski definition) is 3. The van der Waals surface area contributed by atoms with Crippen molar-refractivity contribution in [1.82, 2.24) is 5.32 Å². The van der Waals surface area contributed by atoms with Crippen molar-refractivity contribution in [3.8, 4) is 0 Å². The van der Waals surface area contributed by atoms with E-state index in [1.54, 1.807) is 4.90 Å². The molecule has 4 nitrogen and oxygen atoms in total. The Balaban J connectivity index is 2.13. The van der Waals surface area contributed by atoms with E-state index in [4.69, 9.17) is 4.43 Å². The molecule has 2 atom stereocenters. The Morgan fingerprint density at radius 1 is 1.33 bits per heavy atom. The fraction of sp³-hybridized carbons (Fsp3) is 0.632. The van der Waals surface area contributed by atoms with Crippen molar-refractivity contribution >= 4 is 19.9 Å². The maximum Gasteiger partial charge on any atom is 0.246 e. The van der Waals surface area contributed by atoms with E-state index in [1.165, 1.54) is 0 Å². The number of carbonyl (C=O) groups is 1. The van der Waals surface area contributed by atoms with Crippen LogP contribution in [0.5, 0.6) is 0 Å². The number of rotatable bonds is 4. The van der Waals surface area contributed by atoms with Crippen molar-refractivity contribution in [3.63, 3.8) is 0 Å². The number of aryl methyl sites for hydroxylation is 1. The number of benzene rings is 1. The van der Waals surface area contributed by atoms with E-state index >= 15 is 0 Å². The molecule has 1 heterocycles. The third-order valence-corrected chi connectivity index (χ3v) is 9.91. The minimum absolute atomic E-state index is 0.0364. The van der Waals surface area contributed by atoms with Crippen molar-refractivity contribution in [1.29, 1.82) is 0 Å². The van der Waals surface area contributed by atoms with Crippen LogP contribution < -0.4 is 10.2 Å². The van der Waals surface area contributed by atoms with E-state index in [0.29, 0.717) is 0 Å². The molecule has 1 N–H and O–H groups in total. The highest BCUT2D eigenvalue weighted by atomic mass is 28.4. The van der Waals surface area contributed by atoms with Crippen LogP contribution in [0.1, 0.15) is 32.8 Å². The highest BCUT2D eigenvalue weighted by Crippen LogP contribution is 2.38. The summed E-state index contributed by atoms with van der Waals surface area (Å²) in [5.41, 5.74) is 2.08. The van der Waals surface area contributed by atoms with E-state index in [9.17, 15) is 4.79 Å². The molecule has 0 unspecified atom stereocenters. The van der Waals surface area contributed by atoms with Crippen LogP contribution in [0, 0.1) is 6.92 Å². The second-order valence-electron chi connectivity index (χ2n) is 8.37. The smallest absolute Gasteiger partial charge is 0.246 e. The van der Waals surface area contributed by atoms with Gasteiger partial charge in [0.1, 0.15) is 6.04 Å². The molecule has 134 valence electrons. The van der Waals surface area contributed by atoms with Crippen LogP contribution in [0.25, 0.3) is 0 Å². The van der Waals surface area contributed by atoms with Gasteiger partial charge in [-0.1, -0.05) is 32.9 Å². The molecule has 1 fully saturated rings. The fourth-order valence-electron chi connectivity index (χ4n) is 2.78. The lowest BCUT2D eigenvalue weighted by atomic mass is 10.1. The van der Waals surface area contributed by atoms with Gasteiger partial charge in [-0.05, 0) is 55.7 Å². The predicted molar refractivity (Wildman–Crippen MR) is 103 cm³/mol. The zero-order valence-corrected chi connectivity index (χ0v) is 17.1. The van der Waals surface area contributed by atoms with E-state index in [-0.39, 0.29) is 23.1 Å². The predicted octanol–water partition coefficient (Wildman–Crippen LogP) is 3.71. The van der Waals surface area contributed by atoms with Crippen LogP contribution >= 0.6 is 0 Å². The van der Waals surface area contributed by atoms with Crippen LogP contribution in [0.15, 0.2) is 24.3 Å². The van der Waals surface area contributed by atoms with Crippen LogP contribution in [-0.2, 0) is 9.22 Å². The average molecular weight is 349 g/mol. The van der Waals surface area contributed by atoms with Gasteiger partial charge >= 0.3 is 0 Å². The molecule has 1 aliphatic rings. The largest absolute Gasteiger partial charge is 0.412 e. The van der Waals surface area contributed by atoms with Gasteiger partial charge in [0, 0.05) is 12.7 Å². The molecule has 0 saturated carbocycles. The maximum atomic E-state index is 13.0. The van der Waals surface area contributed by atoms with Crippen LogP contribution in [0.3, 0.4) is 0 Å². The van der Waals surface area contributed by atoms with Gasteiger partial charge in [0.05, 0.1) is 6.10 Å². The number of carbonyl (C=O) groups excluding carboxylic acids is 1. The molecule has 5 heteroatoms. The number of nitrogens with one attached hydrogen (secondary N) is 1. The molecule has 0 aliphatic carbocycles. The summed E-state index contributed by atoms with van der Waals surface area (Å²) in [6.07, 6.45) is 0.857. The number of amides is 1. The van der Waals surface area contributed by atoms with Crippen molar-refractivity contribution < 1.29 is 9.22 Å². The Morgan fingerprint density at radius 2 is 2.00 bits per heavy atom. The molecule has 0 radical (unpaired) electrons. The summed E-state index contributed by atoms with van der Waals surface area (Å²) in [7, 11) is -0.0436. The summed E-state index contributed by atoms with van der Waals surface area (Å²) >= 11 is 0. The highest BCUT2D eigenvalue weighted by Gasteiger charge is 2.44. The molecule has 1 aromatic carbocycles. The molecule has 0 aromatic heterocycles. The third kappa shape index (κ3) is 4.07. The van der Waals surface area contributed by atoms with Crippen LogP contribution in [-0.4, -0.2) is 40.0 Å². The topological polar surface area (TPSA) is 41.6 Å². The lowest BCUT2D eigenvalue weighted by Gasteiger charge is -2.39. The van der Waals surface area contributed by atoms with Gasteiger partial charge in [-0.3, -0.25) is 4.79 Å². The first-order chi connectivity index (χ1) is 11.0. The first-order valence-electron chi connectivity index (χ1n) is 8.78. The standard InChI is InChI=1S/C19H32N2O2Si/c1-14-9-8-10-15(13-14)21(5)18(22)17-16(11-12-20-17)23-24(6,7)19(2,3)4/h8-10,13,16-17,20H,11-12H2,1-7H3/t16-,17-/m0/s1. The summed E-state index contributed by atoms with van der Waals surface area (Å²) in [5, 5.41) is 3.50. The molecule has 1 amide bonds. The Bertz CT molecular complexity index is 595. The number of hydrogen-bond donors (Lipinski definition) is 1. The molecule has 0 spiro atoms. The SMILES string of the molecule is Cc1cccc(N(C)C(=O)[C@H]2NCC[C@@H]2O[Si](C)(C)C(C)(C)C)c1. The number of nitrogens with zero attached hydrogens (tertiary/aromatic N) is 1. The quantitative estimate of drug-likeness (QED) is 0.844. The summed E-state index contributed by atoms with van der Waals surface area (Å²) < 4.78 is 6.54. The molecule has 1 aromatic rings. The maximum absolute atomic E-state index is 13.0. The Labute approximate surface area is 147 Å². The van der Waals surface area contributed by atoms with E-state index in [0.717, 1.165) is 24.2 Å². The van der Waals surface area contributed by atoms with Gasteiger partial charge in [-0.2, -0.15) is 0 Å². The Hall–Kier alpha value is -1.17. The zero-order valence-electron chi connectivity index (χ0n) is 16.1. The van der Waals surface area contributed by atoms with Crippen LogP contribution in [0.4, 0.5) is 5.69 Å². The first kappa shape index (κ1) is 19.2. The first-order valence-corrected chi connectivity index (χ1v) is 11.7. The Morgan fingerprint density at radius 3 is 2.58 bits per heavy atom. The molecule has 0 bridgehead atoms. The minimum atomic E-state index is -1.89. The third-order valence-electron chi connectivity index (χ3n) is 5.40. The second kappa shape index (κ2) is 6.98. The summed E-state index contributed by atoms with van der Waals surface area (Å²) in [6.45, 7) is 14.1. The van der Waals surface area contributed by atoms with E-state index < -0.39 is 8.32 Å². The van der Waals surface area contributed by atoms with Gasteiger partial charge in [-0.25, -0.2) is 0 Å². The lowest BCUT2D eigenvalue weighted by Crippen LogP contribution is -2.52. The molecule has 24 heavy (non-hydrogen) atoms. The van der Waals surface area contributed by atoms with Gasteiger partial charge in [-0.15, -0.1) is 0 Å². The van der Waals surface area contributed by atoms with Crippen molar-refractivity contribution in [3.05, 3.63) is 29.8 Å². The van der Waals surface area contributed by atoms with Gasteiger partial charge in [0.15, 0.2) is 8.32 Å². The monoisotopic (exact) mass is 348 g/mol. The molecular formula is C19H32N2O2Si. The second-order valence-corrected chi connectivity index (χ2v) is 13.1. The van der Waals surface area contributed by atoms with Gasteiger partial charge in [0.25, 0.3) is 0 Å². The van der Waals surface area contributed by atoms with E-state index in [1.807, 2.05) is 38.2 Å². The van der Waals surface area contributed by atoms with Gasteiger partial charge < -0.3 is 14.6 Å². The number of likely N-dealkylation sites (N-methyl/N-ethyl adjacent to an activating group) is 1. The molecular weight excluding hydrogens is 316 g/mol. The Kier molecular flexibility index (Phi) is 5.57. The molecule has 1 aliphatic heterocycles. The highest BCUT2D eigenvalue weighted by molar-refractivity contribution is 6.74. The van der Waals surface area contributed by atoms with Gasteiger partial charge in [0.2, 0.25) is 5.91 Å².